The van der Waals surface area contributed by atoms with Crippen molar-refractivity contribution >= 4 is 17.7 Å². The maximum atomic E-state index is 11.4. The maximum Gasteiger partial charge on any atom is 0.358 e. The second-order valence-electron chi connectivity index (χ2n) is 2.93. The van der Waals surface area contributed by atoms with Gasteiger partial charge in [-0.2, -0.15) is 0 Å². The first-order valence-electron chi connectivity index (χ1n) is 4.79. The summed E-state index contributed by atoms with van der Waals surface area (Å²) in [7, 11) is 0. The first kappa shape index (κ1) is 12.6. The third-order valence-corrected chi connectivity index (χ3v) is 1.69. The van der Waals surface area contributed by atoms with E-state index in [2.05, 4.69) is 15.3 Å². The number of hydrogen-bond acceptors (Lipinski definition) is 4. The predicted octanol–water partition coefficient (Wildman–Crippen LogP) is 1.25. The number of aromatic nitrogens is 2. The van der Waals surface area contributed by atoms with Gasteiger partial charge in [0.2, 0.25) is 5.91 Å². The lowest BCUT2D eigenvalue weighted by Crippen LogP contribution is -2.14. The standard InChI is InChI=1S/C11H11N3O3/c1-2-3-4-5-8(15)14-10-9(11(16)17)12-6-7-13-10/h2-7H,1H3,(H,16,17)(H,13,14,15). The second kappa shape index (κ2) is 6.16. The highest BCUT2D eigenvalue weighted by Gasteiger charge is 2.13. The van der Waals surface area contributed by atoms with E-state index in [1.807, 2.05) is 6.92 Å². The highest BCUT2D eigenvalue weighted by molar-refractivity contribution is 6.02. The molecule has 0 aliphatic heterocycles. The fraction of sp³-hybridized carbons (Fsp3) is 0.0909. The fourth-order valence-electron chi connectivity index (χ4n) is 0.998. The largest absolute Gasteiger partial charge is 0.476 e. The van der Waals surface area contributed by atoms with Crippen molar-refractivity contribution in [1.29, 1.82) is 0 Å². The molecule has 0 saturated heterocycles. The van der Waals surface area contributed by atoms with Gasteiger partial charge in [-0.3, -0.25) is 4.79 Å². The van der Waals surface area contributed by atoms with E-state index in [0.717, 1.165) is 0 Å². The van der Waals surface area contributed by atoms with Crippen molar-refractivity contribution in [3.63, 3.8) is 0 Å². The van der Waals surface area contributed by atoms with E-state index in [9.17, 15) is 9.59 Å². The van der Waals surface area contributed by atoms with Gasteiger partial charge in [-0.1, -0.05) is 18.2 Å². The van der Waals surface area contributed by atoms with E-state index >= 15 is 0 Å². The molecule has 0 saturated carbocycles. The number of nitrogens with zero attached hydrogens (tertiary/aromatic N) is 2. The second-order valence-corrected chi connectivity index (χ2v) is 2.93. The molecule has 0 aliphatic rings. The van der Waals surface area contributed by atoms with Crippen molar-refractivity contribution in [2.75, 3.05) is 5.32 Å². The molecule has 6 nitrogen and oxygen atoms in total. The third-order valence-electron chi connectivity index (χ3n) is 1.69. The molecule has 0 aliphatic carbocycles. The van der Waals surface area contributed by atoms with Crippen LogP contribution in [0.25, 0.3) is 0 Å². The number of carbonyl (C=O) groups is 2. The molecule has 0 fully saturated rings. The monoisotopic (exact) mass is 233 g/mol. The number of aromatic carboxylic acids is 1. The predicted molar refractivity (Wildman–Crippen MR) is 61.6 cm³/mol. The number of carboxylic acids is 1. The number of anilines is 1. The van der Waals surface area contributed by atoms with E-state index in [-0.39, 0.29) is 11.5 Å². The average Bonchev–Trinajstić information content (AvgIpc) is 2.29. The smallest absolute Gasteiger partial charge is 0.358 e. The van der Waals surface area contributed by atoms with Crippen molar-refractivity contribution in [2.45, 2.75) is 6.92 Å². The van der Waals surface area contributed by atoms with Crippen LogP contribution >= 0.6 is 0 Å². The molecule has 2 N–H and O–H groups in total. The van der Waals surface area contributed by atoms with Crippen LogP contribution in [0.3, 0.4) is 0 Å². The zero-order chi connectivity index (χ0) is 12.7. The van der Waals surface area contributed by atoms with Crippen molar-refractivity contribution < 1.29 is 14.7 Å². The summed E-state index contributed by atoms with van der Waals surface area (Å²) in [5.74, 6) is -1.79. The van der Waals surface area contributed by atoms with Crippen LogP contribution in [0.2, 0.25) is 0 Å². The van der Waals surface area contributed by atoms with Crippen LogP contribution in [0.1, 0.15) is 17.4 Å². The van der Waals surface area contributed by atoms with E-state index in [1.54, 1.807) is 12.2 Å². The van der Waals surface area contributed by atoms with E-state index in [4.69, 9.17) is 5.11 Å². The summed E-state index contributed by atoms with van der Waals surface area (Å²) in [6, 6.07) is 0. The summed E-state index contributed by atoms with van der Waals surface area (Å²) in [6.07, 6.45) is 8.78. The lowest BCUT2D eigenvalue weighted by molar-refractivity contribution is -0.111. The normalized spacial score (nSPS) is 10.9. The first-order valence-corrected chi connectivity index (χ1v) is 4.79. The Labute approximate surface area is 97.7 Å². The number of carboxylic acid groups (broad SMARTS) is 1. The van der Waals surface area contributed by atoms with Crippen molar-refractivity contribution in [3.05, 3.63) is 42.4 Å². The molecule has 17 heavy (non-hydrogen) atoms. The van der Waals surface area contributed by atoms with Crippen molar-refractivity contribution in [2.24, 2.45) is 0 Å². The summed E-state index contributed by atoms with van der Waals surface area (Å²) >= 11 is 0. The number of amides is 1. The van der Waals surface area contributed by atoms with Gasteiger partial charge in [-0.25, -0.2) is 14.8 Å². The van der Waals surface area contributed by atoms with Gasteiger partial charge in [0.1, 0.15) is 0 Å². The minimum atomic E-state index is -1.24. The molecule has 1 rings (SSSR count). The summed E-state index contributed by atoms with van der Waals surface area (Å²) in [5, 5.41) is 11.1. The van der Waals surface area contributed by atoms with Crippen molar-refractivity contribution in [3.8, 4) is 0 Å². The van der Waals surface area contributed by atoms with Crippen LogP contribution in [0, 0.1) is 0 Å². The van der Waals surface area contributed by atoms with Gasteiger partial charge in [0.05, 0.1) is 0 Å². The topological polar surface area (TPSA) is 92.2 Å². The highest BCUT2D eigenvalue weighted by Crippen LogP contribution is 2.07. The third kappa shape index (κ3) is 3.86. The molecule has 0 atom stereocenters. The van der Waals surface area contributed by atoms with E-state index in [1.165, 1.54) is 24.5 Å². The Hall–Kier alpha value is -2.50. The zero-order valence-electron chi connectivity index (χ0n) is 9.12. The molecule has 0 unspecified atom stereocenters. The molecule has 1 aromatic heterocycles. The Morgan fingerprint density at radius 2 is 2.00 bits per heavy atom. The summed E-state index contributed by atoms with van der Waals surface area (Å²) in [4.78, 5) is 29.5. The first-order chi connectivity index (χ1) is 8.15. The number of nitrogens with one attached hydrogen (secondary N) is 1. The van der Waals surface area contributed by atoms with Gasteiger partial charge in [0.15, 0.2) is 11.5 Å². The number of rotatable bonds is 4. The van der Waals surface area contributed by atoms with Crippen LogP contribution in [0.5, 0.6) is 0 Å². The SMILES string of the molecule is CC=CC=CC(=O)Nc1nccnc1C(=O)O. The zero-order valence-corrected chi connectivity index (χ0v) is 9.12. The Kier molecular flexibility index (Phi) is 4.56. The fourth-order valence-corrected chi connectivity index (χ4v) is 0.998. The van der Waals surface area contributed by atoms with Crippen molar-refractivity contribution in [1.82, 2.24) is 9.97 Å². The lowest BCUT2D eigenvalue weighted by atomic mass is 10.4. The molecule has 1 amide bonds. The molecule has 0 aromatic carbocycles. The molecule has 1 aromatic rings. The molecule has 0 bridgehead atoms. The van der Waals surface area contributed by atoms with Gasteiger partial charge < -0.3 is 10.4 Å². The Balaban J connectivity index is 2.81. The number of hydrogen-bond donors (Lipinski definition) is 2. The molecule has 88 valence electrons. The quantitative estimate of drug-likeness (QED) is 0.603. The molecule has 0 spiro atoms. The highest BCUT2D eigenvalue weighted by atomic mass is 16.4. The van der Waals surface area contributed by atoms with E-state index in [0.29, 0.717) is 0 Å². The average molecular weight is 233 g/mol. The van der Waals surface area contributed by atoms with Gasteiger partial charge in [-0.15, -0.1) is 0 Å². The number of allylic oxidation sites excluding steroid dienone is 3. The van der Waals surface area contributed by atoms with Crippen LogP contribution in [0.15, 0.2) is 36.7 Å². The van der Waals surface area contributed by atoms with Gasteiger partial charge in [0.25, 0.3) is 0 Å². The van der Waals surface area contributed by atoms with Crippen LogP contribution in [-0.2, 0) is 4.79 Å². The Bertz CT molecular complexity index is 481. The molecule has 0 radical (unpaired) electrons. The minimum Gasteiger partial charge on any atom is -0.476 e. The minimum absolute atomic E-state index is 0.0740. The Morgan fingerprint density at radius 3 is 2.65 bits per heavy atom. The molecular formula is C11H11N3O3. The maximum absolute atomic E-state index is 11.4. The lowest BCUT2D eigenvalue weighted by Gasteiger charge is -2.03. The van der Waals surface area contributed by atoms with Gasteiger partial charge >= 0.3 is 5.97 Å². The van der Waals surface area contributed by atoms with E-state index < -0.39 is 11.9 Å². The van der Waals surface area contributed by atoms with Crippen LogP contribution < -0.4 is 5.32 Å². The number of carbonyl (C=O) groups excluding carboxylic acids is 1. The molecule has 6 heteroatoms. The molecular weight excluding hydrogens is 222 g/mol. The van der Waals surface area contributed by atoms with Gasteiger partial charge in [0, 0.05) is 18.5 Å². The van der Waals surface area contributed by atoms with Crippen LogP contribution in [0.4, 0.5) is 5.82 Å². The summed E-state index contributed by atoms with van der Waals surface area (Å²) in [5.41, 5.74) is -0.291. The summed E-state index contributed by atoms with van der Waals surface area (Å²) < 4.78 is 0. The Morgan fingerprint density at radius 1 is 1.29 bits per heavy atom. The van der Waals surface area contributed by atoms with Crippen LogP contribution in [-0.4, -0.2) is 27.0 Å². The summed E-state index contributed by atoms with van der Waals surface area (Å²) in [6.45, 7) is 1.81. The molecule has 1 heterocycles. The van der Waals surface area contributed by atoms with Gasteiger partial charge in [-0.05, 0) is 6.92 Å².